The number of carbonyl (C=O) groups is 1. The fourth-order valence-electron chi connectivity index (χ4n) is 1.99. The second-order valence-corrected chi connectivity index (χ2v) is 5.76. The predicted octanol–water partition coefficient (Wildman–Crippen LogP) is 2.50. The third-order valence-electron chi connectivity index (χ3n) is 3.33. The normalized spacial score (nSPS) is 22.5. The molecule has 1 N–H and O–H groups in total. The Balaban J connectivity index is 2.12. The minimum atomic E-state index is -0.862. The van der Waals surface area contributed by atoms with E-state index in [4.69, 9.17) is 5.11 Å². The molecule has 17 heavy (non-hydrogen) atoms. The summed E-state index contributed by atoms with van der Waals surface area (Å²) in [4.78, 5) is 17.9. The van der Waals surface area contributed by atoms with Crippen molar-refractivity contribution in [1.82, 2.24) is 4.98 Å². The largest absolute Gasteiger partial charge is 0.477 e. The molecule has 2 unspecified atom stereocenters. The van der Waals surface area contributed by atoms with Gasteiger partial charge in [-0.3, -0.25) is 0 Å². The zero-order valence-corrected chi connectivity index (χ0v) is 11.3. The van der Waals surface area contributed by atoms with Gasteiger partial charge in [-0.2, -0.15) is 0 Å². The van der Waals surface area contributed by atoms with Crippen molar-refractivity contribution in [3.63, 3.8) is 0 Å². The van der Waals surface area contributed by atoms with Crippen LogP contribution in [0.1, 0.15) is 35.6 Å². The van der Waals surface area contributed by atoms with Gasteiger partial charge >= 0.3 is 5.97 Å². The van der Waals surface area contributed by atoms with Crippen molar-refractivity contribution in [3.8, 4) is 0 Å². The monoisotopic (exact) mass is 254 g/mol. The van der Waals surface area contributed by atoms with Gasteiger partial charge in [0, 0.05) is 13.6 Å². The molecule has 1 aliphatic rings. The highest BCUT2D eigenvalue weighted by Crippen LogP contribution is 2.39. The maximum atomic E-state index is 11.1. The average molecular weight is 254 g/mol. The molecule has 1 fully saturated rings. The van der Waals surface area contributed by atoms with Crippen LogP contribution >= 0.6 is 11.3 Å². The van der Waals surface area contributed by atoms with Crippen molar-refractivity contribution >= 4 is 22.4 Å². The van der Waals surface area contributed by atoms with E-state index < -0.39 is 5.97 Å². The Labute approximate surface area is 105 Å². The van der Waals surface area contributed by atoms with Gasteiger partial charge in [-0.05, 0) is 24.7 Å². The van der Waals surface area contributed by atoms with E-state index in [0.717, 1.165) is 23.5 Å². The van der Waals surface area contributed by atoms with Gasteiger partial charge in [0.2, 0.25) is 0 Å². The van der Waals surface area contributed by atoms with Crippen molar-refractivity contribution < 1.29 is 9.90 Å². The molecule has 0 amide bonds. The summed E-state index contributed by atoms with van der Waals surface area (Å²) in [6, 6.07) is 0. The lowest BCUT2D eigenvalue weighted by Gasteiger charge is -2.14. The number of carboxylic acids is 1. The molecule has 0 spiro atoms. The highest BCUT2D eigenvalue weighted by Gasteiger charge is 2.34. The highest BCUT2D eigenvalue weighted by molar-refractivity contribution is 7.17. The molecule has 1 aromatic rings. The van der Waals surface area contributed by atoms with Crippen molar-refractivity contribution in [3.05, 3.63) is 10.6 Å². The van der Waals surface area contributed by atoms with Crippen molar-refractivity contribution in [2.45, 2.75) is 26.7 Å². The maximum absolute atomic E-state index is 11.1. The van der Waals surface area contributed by atoms with Crippen LogP contribution in [0, 0.1) is 11.8 Å². The van der Waals surface area contributed by atoms with E-state index in [9.17, 15) is 4.79 Å². The lowest BCUT2D eigenvalue weighted by atomic mass is 10.3. The SMILES string of the molecule is CCc1nc(N(C)CC2CC2C)sc1C(=O)O. The first-order chi connectivity index (χ1) is 8.02. The van der Waals surface area contributed by atoms with Crippen LogP contribution in [0.2, 0.25) is 0 Å². The smallest absolute Gasteiger partial charge is 0.347 e. The molecule has 5 heteroatoms. The molecule has 0 aliphatic heterocycles. The third-order valence-corrected chi connectivity index (χ3v) is 4.53. The Morgan fingerprint density at radius 1 is 1.65 bits per heavy atom. The number of hydrogen-bond acceptors (Lipinski definition) is 4. The number of hydrogen-bond donors (Lipinski definition) is 1. The van der Waals surface area contributed by atoms with Crippen LogP contribution in [0.15, 0.2) is 0 Å². The first-order valence-electron chi connectivity index (χ1n) is 5.97. The second kappa shape index (κ2) is 4.64. The Kier molecular flexibility index (Phi) is 3.38. The molecule has 4 nitrogen and oxygen atoms in total. The third kappa shape index (κ3) is 2.60. The van der Waals surface area contributed by atoms with Crippen LogP contribution in [0.4, 0.5) is 5.13 Å². The predicted molar refractivity (Wildman–Crippen MR) is 69.0 cm³/mol. The maximum Gasteiger partial charge on any atom is 0.347 e. The first-order valence-corrected chi connectivity index (χ1v) is 6.78. The lowest BCUT2D eigenvalue weighted by Crippen LogP contribution is -2.20. The van der Waals surface area contributed by atoms with Gasteiger partial charge in [0.05, 0.1) is 5.69 Å². The molecule has 0 aromatic carbocycles. The number of aromatic carboxylic acids is 1. The summed E-state index contributed by atoms with van der Waals surface area (Å²) < 4.78 is 0. The molecule has 2 atom stereocenters. The number of aromatic nitrogens is 1. The number of anilines is 1. The molecular weight excluding hydrogens is 236 g/mol. The van der Waals surface area contributed by atoms with E-state index in [0.29, 0.717) is 17.0 Å². The molecule has 1 saturated carbocycles. The van der Waals surface area contributed by atoms with Gasteiger partial charge in [0.1, 0.15) is 4.88 Å². The molecule has 1 heterocycles. The quantitative estimate of drug-likeness (QED) is 0.877. The first kappa shape index (κ1) is 12.4. The number of carboxylic acid groups (broad SMARTS) is 1. The fraction of sp³-hybridized carbons (Fsp3) is 0.667. The summed E-state index contributed by atoms with van der Waals surface area (Å²) in [5, 5.41) is 9.91. The highest BCUT2D eigenvalue weighted by atomic mass is 32.1. The molecule has 0 saturated heterocycles. The molecule has 1 aromatic heterocycles. The molecular formula is C12H18N2O2S. The summed E-state index contributed by atoms with van der Waals surface area (Å²) in [5.41, 5.74) is 0.702. The summed E-state index contributed by atoms with van der Waals surface area (Å²) in [6.07, 6.45) is 1.95. The fourth-order valence-corrected chi connectivity index (χ4v) is 2.96. The Bertz CT molecular complexity index is 430. The Morgan fingerprint density at radius 2 is 2.29 bits per heavy atom. The standard InChI is InChI=1S/C12H18N2O2S/c1-4-9-10(11(15)16)17-12(13-9)14(3)6-8-5-7(8)2/h7-8H,4-6H2,1-3H3,(H,15,16). The van der Waals surface area contributed by atoms with Crippen LogP contribution in [-0.4, -0.2) is 29.7 Å². The van der Waals surface area contributed by atoms with Gasteiger partial charge in [0.25, 0.3) is 0 Å². The van der Waals surface area contributed by atoms with Gasteiger partial charge in [-0.15, -0.1) is 0 Å². The van der Waals surface area contributed by atoms with Crippen LogP contribution < -0.4 is 4.90 Å². The van der Waals surface area contributed by atoms with E-state index in [-0.39, 0.29) is 0 Å². The molecule has 0 radical (unpaired) electrons. The second-order valence-electron chi connectivity index (χ2n) is 4.78. The average Bonchev–Trinajstić information content (AvgIpc) is 2.83. The van der Waals surface area contributed by atoms with Crippen molar-refractivity contribution in [2.24, 2.45) is 11.8 Å². The minimum absolute atomic E-state index is 0.387. The molecule has 1 aliphatic carbocycles. The van der Waals surface area contributed by atoms with Crippen LogP contribution in [0.5, 0.6) is 0 Å². The summed E-state index contributed by atoms with van der Waals surface area (Å²) in [6.45, 7) is 5.17. The minimum Gasteiger partial charge on any atom is -0.477 e. The van der Waals surface area contributed by atoms with E-state index in [1.807, 2.05) is 14.0 Å². The van der Waals surface area contributed by atoms with Gasteiger partial charge in [-0.1, -0.05) is 25.2 Å². The van der Waals surface area contributed by atoms with Gasteiger partial charge in [0.15, 0.2) is 5.13 Å². The van der Waals surface area contributed by atoms with E-state index in [1.54, 1.807) is 0 Å². The Hall–Kier alpha value is -1.10. The van der Waals surface area contributed by atoms with Crippen LogP contribution in [0.25, 0.3) is 0 Å². The number of aryl methyl sites for hydroxylation is 1. The molecule has 94 valence electrons. The van der Waals surface area contributed by atoms with Crippen molar-refractivity contribution in [2.75, 3.05) is 18.5 Å². The lowest BCUT2D eigenvalue weighted by molar-refractivity contribution is 0.0701. The van der Waals surface area contributed by atoms with Gasteiger partial charge < -0.3 is 10.0 Å². The summed E-state index contributed by atoms with van der Waals surface area (Å²) in [7, 11) is 1.99. The van der Waals surface area contributed by atoms with Crippen molar-refractivity contribution in [1.29, 1.82) is 0 Å². The number of nitrogens with zero attached hydrogens (tertiary/aromatic N) is 2. The topological polar surface area (TPSA) is 53.4 Å². The number of thiazole rings is 1. The number of rotatable bonds is 5. The van der Waals surface area contributed by atoms with Crippen LogP contribution in [0.3, 0.4) is 0 Å². The summed E-state index contributed by atoms with van der Waals surface area (Å²) >= 11 is 1.29. The summed E-state index contributed by atoms with van der Waals surface area (Å²) in [5.74, 6) is 0.697. The van der Waals surface area contributed by atoms with E-state index >= 15 is 0 Å². The zero-order chi connectivity index (χ0) is 12.6. The molecule has 2 rings (SSSR count). The van der Waals surface area contributed by atoms with Gasteiger partial charge in [-0.25, -0.2) is 9.78 Å². The van der Waals surface area contributed by atoms with E-state index in [2.05, 4.69) is 16.8 Å². The Morgan fingerprint density at radius 3 is 2.71 bits per heavy atom. The molecule has 0 bridgehead atoms. The zero-order valence-electron chi connectivity index (χ0n) is 10.4. The van der Waals surface area contributed by atoms with E-state index in [1.165, 1.54) is 17.8 Å². The van der Waals surface area contributed by atoms with Crippen LogP contribution in [-0.2, 0) is 6.42 Å².